The summed E-state index contributed by atoms with van der Waals surface area (Å²) in [4.78, 5) is 2.71. The van der Waals surface area contributed by atoms with Crippen molar-refractivity contribution in [3.63, 3.8) is 0 Å². The first-order valence-electron chi connectivity index (χ1n) is 6.92. The molecular formula is C13H24N2O. The van der Waals surface area contributed by atoms with Crippen molar-refractivity contribution in [1.29, 1.82) is 0 Å². The maximum Gasteiger partial charge on any atom is 0.0621 e. The summed E-state index contributed by atoms with van der Waals surface area (Å²) < 4.78 is 5.46. The summed E-state index contributed by atoms with van der Waals surface area (Å²) in [7, 11) is 0. The highest BCUT2D eigenvalue weighted by Crippen LogP contribution is 2.36. The molecule has 0 radical (unpaired) electrons. The molecule has 0 aromatic rings. The largest absolute Gasteiger partial charge is 0.379 e. The standard InChI is InChI=1S/C13H24N2O/c14-12-9-16-8-11(12)7-15-6-5-10-3-1-2-4-13(10)15/h10-13H,1-9,14H2. The number of nitrogens with zero attached hydrogens (tertiary/aromatic N) is 1. The molecule has 4 atom stereocenters. The number of rotatable bonds is 2. The Balaban J connectivity index is 1.58. The van der Waals surface area contributed by atoms with Gasteiger partial charge in [0, 0.05) is 24.5 Å². The van der Waals surface area contributed by atoms with Crippen LogP contribution < -0.4 is 5.73 Å². The average molecular weight is 224 g/mol. The van der Waals surface area contributed by atoms with E-state index in [1.807, 2.05) is 0 Å². The average Bonchev–Trinajstić information content (AvgIpc) is 2.88. The van der Waals surface area contributed by atoms with E-state index < -0.39 is 0 Å². The molecule has 16 heavy (non-hydrogen) atoms. The first kappa shape index (κ1) is 11.0. The summed E-state index contributed by atoms with van der Waals surface area (Å²) in [6.07, 6.45) is 7.21. The van der Waals surface area contributed by atoms with Crippen LogP contribution in [0.3, 0.4) is 0 Å². The number of nitrogens with two attached hydrogens (primary N) is 1. The van der Waals surface area contributed by atoms with Crippen LogP contribution in [0.4, 0.5) is 0 Å². The Morgan fingerprint density at radius 1 is 1.12 bits per heavy atom. The van der Waals surface area contributed by atoms with Crippen molar-refractivity contribution < 1.29 is 4.74 Å². The van der Waals surface area contributed by atoms with Gasteiger partial charge in [0.25, 0.3) is 0 Å². The molecule has 2 N–H and O–H groups in total. The van der Waals surface area contributed by atoms with Gasteiger partial charge >= 0.3 is 0 Å². The van der Waals surface area contributed by atoms with Gasteiger partial charge in [-0.1, -0.05) is 12.8 Å². The predicted octanol–water partition coefficient (Wildman–Crippen LogP) is 1.22. The van der Waals surface area contributed by atoms with Crippen molar-refractivity contribution in [3.05, 3.63) is 0 Å². The fourth-order valence-electron chi connectivity index (χ4n) is 3.83. The van der Waals surface area contributed by atoms with Gasteiger partial charge in [-0.25, -0.2) is 0 Å². The van der Waals surface area contributed by atoms with Gasteiger partial charge in [-0.15, -0.1) is 0 Å². The zero-order valence-electron chi connectivity index (χ0n) is 10.1. The Hall–Kier alpha value is -0.120. The van der Waals surface area contributed by atoms with Gasteiger partial charge in [0.2, 0.25) is 0 Å². The highest BCUT2D eigenvalue weighted by atomic mass is 16.5. The minimum absolute atomic E-state index is 0.280. The molecule has 2 heterocycles. The molecular weight excluding hydrogens is 200 g/mol. The van der Waals surface area contributed by atoms with Crippen molar-refractivity contribution in [2.45, 2.75) is 44.2 Å². The molecule has 4 unspecified atom stereocenters. The quantitative estimate of drug-likeness (QED) is 0.766. The van der Waals surface area contributed by atoms with Gasteiger partial charge in [0.05, 0.1) is 13.2 Å². The molecule has 1 aliphatic carbocycles. The third-order valence-electron chi connectivity index (χ3n) is 4.84. The van der Waals surface area contributed by atoms with Crippen molar-refractivity contribution in [2.24, 2.45) is 17.6 Å². The van der Waals surface area contributed by atoms with Crippen LogP contribution in [-0.4, -0.2) is 43.3 Å². The zero-order chi connectivity index (χ0) is 11.0. The number of hydrogen-bond donors (Lipinski definition) is 1. The summed E-state index contributed by atoms with van der Waals surface area (Å²) in [5.41, 5.74) is 6.07. The van der Waals surface area contributed by atoms with E-state index in [2.05, 4.69) is 4.90 Å². The van der Waals surface area contributed by atoms with Crippen molar-refractivity contribution in [1.82, 2.24) is 4.90 Å². The van der Waals surface area contributed by atoms with E-state index in [1.54, 1.807) is 0 Å². The van der Waals surface area contributed by atoms with Crippen molar-refractivity contribution >= 4 is 0 Å². The summed E-state index contributed by atoms with van der Waals surface area (Å²) in [5.74, 6) is 1.58. The topological polar surface area (TPSA) is 38.5 Å². The molecule has 2 aliphatic heterocycles. The Labute approximate surface area is 98.3 Å². The Morgan fingerprint density at radius 3 is 2.81 bits per heavy atom. The fraction of sp³-hybridized carbons (Fsp3) is 1.00. The molecule has 3 heteroatoms. The van der Waals surface area contributed by atoms with Crippen LogP contribution >= 0.6 is 0 Å². The second-order valence-electron chi connectivity index (χ2n) is 5.86. The molecule has 3 nitrogen and oxygen atoms in total. The minimum Gasteiger partial charge on any atom is -0.379 e. The van der Waals surface area contributed by atoms with Gasteiger partial charge in [-0.05, 0) is 31.7 Å². The highest BCUT2D eigenvalue weighted by molar-refractivity contribution is 4.92. The molecule has 3 rings (SSSR count). The van der Waals surface area contributed by atoms with Crippen LogP contribution in [0.2, 0.25) is 0 Å². The molecule has 3 aliphatic rings. The third kappa shape index (κ3) is 2.01. The van der Waals surface area contributed by atoms with E-state index in [1.165, 1.54) is 45.2 Å². The van der Waals surface area contributed by atoms with Crippen LogP contribution in [-0.2, 0) is 4.74 Å². The Kier molecular flexibility index (Phi) is 3.18. The molecule has 0 bridgehead atoms. The highest BCUT2D eigenvalue weighted by Gasteiger charge is 2.38. The molecule has 2 saturated heterocycles. The second kappa shape index (κ2) is 4.63. The van der Waals surface area contributed by atoms with Gasteiger partial charge in [-0.3, -0.25) is 4.90 Å². The van der Waals surface area contributed by atoms with E-state index in [-0.39, 0.29) is 6.04 Å². The van der Waals surface area contributed by atoms with Crippen LogP contribution in [0, 0.1) is 11.8 Å². The number of hydrogen-bond acceptors (Lipinski definition) is 3. The fourth-order valence-corrected chi connectivity index (χ4v) is 3.83. The summed E-state index contributed by atoms with van der Waals surface area (Å²) in [5, 5.41) is 0. The minimum atomic E-state index is 0.280. The Morgan fingerprint density at radius 2 is 2.00 bits per heavy atom. The smallest absolute Gasteiger partial charge is 0.0621 e. The molecule has 3 fully saturated rings. The molecule has 1 saturated carbocycles. The van der Waals surface area contributed by atoms with E-state index >= 15 is 0 Å². The molecule has 0 aromatic carbocycles. The lowest BCUT2D eigenvalue weighted by atomic mass is 9.85. The van der Waals surface area contributed by atoms with Gasteiger partial charge in [0.15, 0.2) is 0 Å². The first-order valence-corrected chi connectivity index (χ1v) is 6.92. The normalized spacial score (nSPS) is 44.8. The lowest BCUT2D eigenvalue weighted by Crippen LogP contribution is -2.42. The monoisotopic (exact) mass is 224 g/mol. The van der Waals surface area contributed by atoms with E-state index in [9.17, 15) is 0 Å². The zero-order valence-corrected chi connectivity index (χ0v) is 10.1. The van der Waals surface area contributed by atoms with Crippen molar-refractivity contribution in [2.75, 3.05) is 26.3 Å². The maximum absolute atomic E-state index is 6.07. The van der Waals surface area contributed by atoms with Gasteiger partial charge < -0.3 is 10.5 Å². The van der Waals surface area contributed by atoms with E-state index in [0.29, 0.717) is 5.92 Å². The van der Waals surface area contributed by atoms with Crippen LogP contribution in [0.5, 0.6) is 0 Å². The first-order chi connectivity index (χ1) is 7.84. The van der Waals surface area contributed by atoms with E-state index in [4.69, 9.17) is 10.5 Å². The Bertz CT molecular complexity index is 246. The number of fused-ring (bicyclic) bond motifs is 1. The van der Waals surface area contributed by atoms with Crippen LogP contribution in [0.25, 0.3) is 0 Å². The van der Waals surface area contributed by atoms with Gasteiger partial charge in [-0.2, -0.15) is 0 Å². The SMILES string of the molecule is NC1COCC1CN1CCC2CCCCC21. The van der Waals surface area contributed by atoms with Crippen molar-refractivity contribution in [3.8, 4) is 0 Å². The molecule has 0 spiro atoms. The summed E-state index contributed by atoms with van der Waals surface area (Å²) >= 11 is 0. The van der Waals surface area contributed by atoms with E-state index in [0.717, 1.165) is 25.2 Å². The summed E-state index contributed by atoms with van der Waals surface area (Å²) in [6.45, 7) is 4.14. The molecule has 0 aromatic heterocycles. The lowest BCUT2D eigenvalue weighted by Gasteiger charge is -2.33. The lowest BCUT2D eigenvalue weighted by molar-refractivity contribution is 0.140. The summed E-state index contributed by atoms with van der Waals surface area (Å²) in [6, 6.07) is 1.16. The second-order valence-corrected chi connectivity index (χ2v) is 5.86. The maximum atomic E-state index is 6.07. The number of likely N-dealkylation sites (tertiary alicyclic amines) is 1. The van der Waals surface area contributed by atoms with Crippen LogP contribution in [0.15, 0.2) is 0 Å². The third-order valence-corrected chi connectivity index (χ3v) is 4.84. The van der Waals surface area contributed by atoms with Crippen LogP contribution in [0.1, 0.15) is 32.1 Å². The van der Waals surface area contributed by atoms with Gasteiger partial charge in [0.1, 0.15) is 0 Å². The molecule has 92 valence electrons. The molecule has 0 amide bonds. The predicted molar refractivity (Wildman–Crippen MR) is 64.2 cm³/mol. The number of ether oxygens (including phenoxy) is 1.